The van der Waals surface area contributed by atoms with Crippen LogP contribution in [0.3, 0.4) is 0 Å². The summed E-state index contributed by atoms with van der Waals surface area (Å²) in [6, 6.07) is 14.5. The van der Waals surface area contributed by atoms with E-state index in [2.05, 4.69) is 9.98 Å². The Morgan fingerprint density at radius 2 is 1.07 bits per heavy atom. The van der Waals surface area contributed by atoms with Crippen LogP contribution in [0.25, 0.3) is 0 Å². The zero-order valence-corrected chi connectivity index (χ0v) is 31.2. The van der Waals surface area contributed by atoms with E-state index in [0.717, 1.165) is 36.0 Å². The van der Waals surface area contributed by atoms with E-state index in [0.29, 0.717) is 28.0 Å². The van der Waals surface area contributed by atoms with Gasteiger partial charge in [-0.25, -0.2) is 8.42 Å². The van der Waals surface area contributed by atoms with Crippen LogP contribution in [0.15, 0.2) is 102 Å². The van der Waals surface area contributed by atoms with Crippen molar-refractivity contribution in [3.8, 4) is 0 Å². The van der Waals surface area contributed by atoms with E-state index in [1.807, 2.05) is 0 Å². The summed E-state index contributed by atoms with van der Waals surface area (Å²) in [6.45, 7) is 3.28. The highest BCUT2D eigenvalue weighted by atomic mass is 35.5. The van der Waals surface area contributed by atoms with Crippen molar-refractivity contribution in [1.82, 2.24) is 0 Å². The third-order valence-electron chi connectivity index (χ3n) is 7.16. The molecule has 4 aromatic carbocycles. The molecule has 0 atom stereocenters. The number of benzene rings is 4. The highest BCUT2D eigenvalue weighted by Gasteiger charge is 2.39. The van der Waals surface area contributed by atoms with Crippen molar-refractivity contribution in [3.05, 3.63) is 116 Å². The molecule has 0 heterocycles. The first-order valence-corrected chi connectivity index (χ1v) is 18.2. The second-order valence-corrected chi connectivity index (χ2v) is 14.8. The lowest BCUT2D eigenvalue weighted by Gasteiger charge is -2.17. The van der Waals surface area contributed by atoms with Gasteiger partial charge < -0.3 is 22.9 Å². The number of sulfone groups is 1. The minimum Gasteiger partial charge on any atom is -0.370 e. The molecule has 288 valence electrons. The van der Waals surface area contributed by atoms with E-state index in [1.165, 1.54) is 18.2 Å². The van der Waals surface area contributed by atoms with Crippen molar-refractivity contribution in [3.63, 3.8) is 0 Å². The second kappa shape index (κ2) is 17.6. The predicted molar refractivity (Wildman–Crippen MR) is 194 cm³/mol. The van der Waals surface area contributed by atoms with Crippen molar-refractivity contribution in [1.29, 1.82) is 0 Å². The van der Waals surface area contributed by atoms with Crippen molar-refractivity contribution in [2.24, 2.45) is 32.9 Å². The Labute approximate surface area is 319 Å². The lowest BCUT2D eigenvalue weighted by atomic mass is 10.0. The average molecular weight is 836 g/mol. The standard InChI is InChI=1S/C17H15ClF3N3O3S.C17H15ClF3N3OS/c1-2-9-7-14(28(26,27)11-5-3-10(18)4-6-11)13(17(19,20)21)8-12(9)15(25)24-16(22)23;1-2-9-7-14(26-11-5-3-10(18)4-6-11)13(17(19,20)21)8-12(9)15(25)24-16(22)23/h3-8H,2H2,1H3,(H4,22,23,24,25);3-8H,2H2,1H3,(H4,22,23,24,25). The van der Waals surface area contributed by atoms with Gasteiger partial charge in [0.1, 0.15) is 0 Å². The van der Waals surface area contributed by atoms with Gasteiger partial charge in [0.05, 0.1) is 20.9 Å². The Bertz CT molecular complexity index is 2210. The minimum absolute atomic E-state index is 0.0158. The SMILES string of the molecule is CCc1cc(S(=O)(=O)c2ccc(Cl)cc2)c(C(F)(F)F)cc1C(=O)N=C(N)N.CCc1cc(Sc2ccc(Cl)cc2)c(C(F)(F)F)cc1C(=O)N=C(N)N. The molecule has 0 aromatic heterocycles. The number of rotatable bonds is 8. The molecule has 4 rings (SSSR count). The quantitative estimate of drug-likeness (QED) is 0.0783. The molecule has 54 heavy (non-hydrogen) atoms. The number of amides is 2. The Balaban J connectivity index is 0.000000291. The van der Waals surface area contributed by atoms with Gasteiger partial charge in [-0.1, -0.05) is 48.8 Å². The first-order chi connectivity index (χ1) is 25.0. The summed E-state index contributed by atoms with van der Waals surface area (Å²) in [5.74, 6) is -3.14. The number of carbonyl (C=O) groups is 2. The predicted octanol–water partition coefficient (Wildman–Crippen LogP) is 7.65. The van der Waals surface area contributed by atoms with E-state index in [1.54, 1.807) is 38.1 Å². The fourth-order valence-corrected chi connectivity index (χ4v) is 7.48. The van der Waals surface area contributed by atoms with Crippen LogP contribution >= 0.6 is 35.0 Å². The minimum atomic E-state index is -5.05. The van der Waals surface area contributed by atoms with Gasteiger partial charge in [-0.05, 0) is 96.8 Å². The number of aliphatic imine (C=N–C) groups is 2. The fourth-order valence-electron chi connectivity index (χ4n) is 4.70. The monoisotopic (exact) mass is 834 g/mol. The molecule has 0 bridgehead atoms. The number of alkyl halides is 6. The topological polar surface area (TPSA) is 197 Å². The number of hydrogen-bond donors (Lipinski definition) is 4. The number of nitrogens with two attached hydrogens (primary N) is 4. The Morgan fingerprint density at radius 3 is 1.48 bits per heavy atom. The second-order valence-electron chi connectivity index (χ2n) is 10.9. The van der Waals surface area contributed by atoms with E-state index in [9.17, 15) is 44.3 Å². The molecular weight excluding hydrogens is 805 g/mol. The molecule has 10 nitrogen and oxygen atoms in total. The molecule has 0 saturated carbocycles. The number of nitrogens with zero attached hydrogens (tertiary/aromatic N) is 2. The first-order valence-electron chi connectivity index (χ1n) is 15.2. The molecule has 0 aliphatic carbocycles. The van der Waals surface area contributed by atoms with Gasteiger partial charge in [0.15, 0.2) is 11.9 Å². The van der Waals surface area contributed by atoms with Gasteiger partial charge >= 0.3 is 12.4 Å². The normalized spacial score (nSPS) is 11.6. The largest absolute Gasteiger partial charge is 0.417 e. The van der Waals surface area contributed by atoms with Crippen molar-refractivity contribution in [2.75, 3.05) is 0 Å². The Kier molecular flexibility index (Phi) is 14.2. The zero-order chi connectivity index (χ0) is 40.8. The Hall–Kier alpha value is -4.78. The van der Waals surface area contributed by atoms with E-state index in [-0.39, 0.29) is 32.4 Å². The molecule has 4 aromatic rings. The fraction of sp³-hybridized carbons (Fsp3) is 0.176. The smallest absolute Gasteiger partial charge is 0.370 e. The summed E-state index contributed by atoms with van der Waals surface area (Å²) < 4.78 is 107. The number of hydrogen-bond acceptors (Lipinski definition) is 5. The number of halogens is 8. The third-order valence-corrected chi connectivity index (χ3v) is 10.5. The average Bonchev–Trinajstić information content (AvgIpc) is 3.07. The van der Waals surface area contributed by atoms with E-state index in [4.69, 9.17) is 46.1 Å². The molecule has 0 spiro atoms. The van der Waals surface area contributed by atoms with Gasteiger partial charge in [0.2, 0.25) is 9.84 Å². The van der Waals surface area contributed by atoms with Gasteiger partial charge in [0.25, 0.3) is 11.8 Å². The van der Waals surface area contributed by atoms with Gasteiger partial charge in [0, 0.05) is 31.0 Å². The molecule has 0 radical (unpaired) electrons. The van der Waals surface area contributed by atoms with Crippen LogP contribution in [0.4, 0.5) is 26.3 Å². The van der Waals surface area contributed by atoms with Crippen LogP contribution in [-0.4, -0.2) is 32.2 Å². The Morgan fingerprint density at radius 1 is 0.667 bits per heavy atom. The zero-order valence-electron chi connectivity index (χ0n) is 28.0. The summed E-state index contributed by atoms with van der Waals surface area (Å²) in [5, 5.41) is 0.709. The highest BCUT2D eigenvalue weighted by Crippen LogP contribution is 2.42. The van der Waals surface area contributed by atoms with E-state index >= 15 is 0 Å². The summed E-state index contributed by atoms with van der Waals surface area (Å²) in [7, 11) is -4.54. The maximum atomic E-state index is 13.6. The van der Waals surface area contributed by atoms with Gasteiger partial charge in [-0.3, -0.25) is 9.59 Å². The van der Waals surface area contributed by atoms with Crippen LogP contribution < -0.4 is 22.9 Å². The maximum Gasteiger partial charge on any atom is 0.417 e. The first kappa shape index (κ1) is 43.6. The number of aryl methyl sites for hydroxylation is 2. The van der Waals surface area contributed by atoms with Crippen LogP contribution in [0.5, 0.6) is 0 Å². The summed E-state index contributed by atoms with van der Waals surface area (Å²) in [5.41, 5.74) is 18.0. The van der Waals surface area contributed by atoms with E-state index < -0.39 is 67.5 Å². The third kappa shape index (κ3) is 11.1. The van der Waals surface area contributed by atoms with Crippen LogP contribution in [0.2, 0.25) is 10.0 Å². The molecule has 0 fully saturated rings. The maximum absolute atomic E-state index is 13.6. The lowest BCUT2D eigenvalue weighted by molar-refractivity contribution is -0.140. The number of carbonyl (C=O) groups excluding carboxylic acids is 2. The van der Waals surface area contributed by atoms with Crippen LogP contribution in [0.1, 0.15) is 56.8 Å². The van der Waals surface area contributed by atoms with Gasteiger partial charge in [-0.2, -0.15) is 36.3 Å². The molecule has 0 saturated heterocycles. The van der Waals surface area contributed by atoms with Crippen LogP contribution in [-0.2, 0) is 35.0 Å². The molecule has 0 aliphatic rings. The molecular formula is C34H30Cl2F6N6O4S2. The molecule has 0 aliphatic heterocycles. The number of guanidine groups is 2. The molecule has 2 amide bonds. The molecule has 20 heteroatoms. The van der Waals surface area contributed by atoms with Crippen LogP contribution in [0, 0.1) is 0 Å². The van der Waals surface area contributed by atoms with Crippen molar-refractivity contribution < 1.29 is 44.3 Å². The lowest BCUT2D eigenvalue weighted by Crippen LogP contribution is -2.25. The van der Waals surface area contributed by atoms with Crippen molar-refractivity contribution >= 4 is 68.5 Å². The summed E-state index contributed by atoms with van der Waals surface area (Å²) in [4.78, 5) is 30.0. The van der Waals surface area contributed by atoms with Crippen molar-refractivity contribution in [2.45, 2.75) is 58.6 Å². The van der Waals surface area contributed by atoms with Gasteiger partial charge in [-0.15, -0.1) is 0 Å². The molecule has 8 N–H and O–H groups in total. The molecule has 0 unspecified atom stereocenters. The highest BCUT2D eigenvalue weighted by molar-refractivity contribution is 7.99. The summed E-state index contributed by atoms with van der Waals surface area (Å²) >= 11 is 12.5. The summed E-state index contributed by atoms with van der Waals surface area (Å²) in [6.07, 6.45) is -9.28.